The molecule has 0 spiro atoms. The maximum absolute atomic E-state index is 12.1. The third-order valence-electron chi connectivity index (χ3n) is 2.80. The Kier molecular flexibility index (Phi) is 3.95. The number of H-pyrrole nitrogens is 1. The fourth-order valence-corrected chi connectivity index (χ4v) is 2.74. The van der Waals surface area contributed by atoms with Gasteiger partial charge < -0.3 is 5.73 Å². The maximum atomic E-state index is 12.1. The summed E-state index contributed by atoms with van der Waals surface area (Å²) < 4.78 is 26.8. The van der Waals surface area contributed by atoms with Crippen LogP contribution in [-0.2, 0) is 16.6 Å². The van der Waals surface area contributed by atoms with E-state index in [0.29, 0.717) is 5.56 Å². The van der Waals surface area contributed by atoms with Gasteiger partial charge in [0.15, 0.2) is 5.03 Å². The Labute approximate surface area is 102 Å². The third-order valence-corrected chi connectivity index (χ3v) is 4.35. The number of hydrogen-bond donors (Lipinski definition) is 3. The number of rotatable bonds is 4. The van der Waals surface area contributed by atoms with E-state index >= 15 is 0 Å². The van der Waals surface area contributed by atoms with Crippen LogP contribution in [0.4, 0.5) is 0 Å². The van der Waals surface area contributed by atoms with E-state index in [9.17, 15) is 8.42 Å². The topological polar surface area (TPSA) is 101 Å². The molecule has 1 aromatic heterocycles. The predicted octanol–water partition coefficient (Wildman–Crippen LogP) is 0.581. The standard InChI is InChI=1S/C10H20N4O2S/c1-7(10(2,3)4)14-17(15,16)9-8(5-11)6-12-13-9/h6-7,14H,5,11H2,1-4H3,(H,12,13). The Morgan fingerprint density at radius 2 is 2.12 bits per heavy atom. The van der Waals surface area contributed by atoms with E-state index in [0.717, 1.165) is 0 Å². The first-order valence-electron chi connectivity index (χ1n) is 5.43. The molecule has 4 N–H and O–H groups in total. The molecule has 7 heteroatoms. The molecule has 6 nitrogen and oxygen atoms in total. The van der Waals surface area contributed by atoms with Crippen LogP contribution >= 0.6 is 0 Å². The molecule has 98 valence electrons. The first-order chi connectivity index (χ1) is 7.68. The molecule has 0 aromatic carbocycles. The molecule has 0 saturated heterocycles. The van der Waals surface area contributed by atoms with Crippen LogP contribution in [0.2, 0.25) is 0 Å². The van der Waals surface area contributed by atoms with E-state index in [1.54, 1.807) is 0 Å². The average molecular weight is 260 g/mol. The summed E-state index contributed by atoms with van der Waals surface area (Å²) in [6, 6.07) is -0.193. The Morgan fingerprint density at radius 1 is 1.53 bits per heavy atom. The smallest absolute Gasteiger partial charge is 0.258 e. The summed E-state index contributed by atoms with van der Waals surface area (Å²) >= 11 is 0. The molecule has 1 heterocycles. The number of nitrogens with one attached hydrogen (secondary N) is 2. The molecule has 17 heavy (non-hydrogen) atoms. The molecule has 1 atom stereocenters. The molecular weight excluding hydrogens is 240 g/mol. The molecule has 0 aliphatic rings. The number of aromatic nitrogens is 2. The minimum Gasteiger partial charge on any atom is -0.326 e. The van der Waals surface area contributed by atoms with Gasteiger partial charge in [-0.3, -0.25) is 5.10 Å². The van der Waals surface area contributed by atoms with Crippen LogP contribution in [0.25, 0.3) is 0 Å². The number of hydrogen-bond acceptors (Lipinski definition) is 4. The maximum Gasteiger partial charge on any atom is 0.258 e. The molecule has 0 amide bonds. The lowest BCUT2D eigenvalue weighted by molar-refractivity contribution is 0.317. The van der Waals surface area contributed by atoms with Crippen LogP contribution in [0.5, 0.6) is 0 Å². The van der Waals surface area contributed by atoms with Crippen LogP contribution in [0.1, 0.15) is 33.3 Å². The monoisotopic (exact) mass is 260 g/mol. The summed E-state index contributed by atoms with van der Waals surface area (Å²) in [5.74, 6) is 0. The van der Waals surface area contributed by atoms with Crippen molar-refractivity contribution in [3.63, 3.8) is 0 Å². The van der Waals surface area contributed by atoms with Crippen LogP contribution in [-0.4, -0.2) is 24.7 Å². The minimum atomic E-state index is -3.59. The quantitative estimate of drug-likeness (QED) is 0.737. The molecule has 0 aliphatic carbocycles. The fraction of sp³-hybridized carbons (Fsp3) is 0.700. The van der Waals surface area contributed by atoms with Gasteiger partial charge in [0, 0.05) is 18.2 Å². The van der Waals surface area contributed by atoms with Gasteiger partial charge >= 0.3 is 0 Å². The number of sulfonamides is 1. The van der Waals surface area contributed by atoms with Crippen molar-refractivity contribution in [3.05, 3.63) is 11.8 Å². The van der Waals surface area contributed by atoms with Crippen LogP contribution < -0.4 is 10.5 Å². The Hall–Kier alpha value is -0.920. The number of nitrogens with two attached hydrogens (primary N) is 1. The van der Waals surface area contributed by atoms with Gasteiger partial charge in [-0.2, -0.15) is 5.10 Å². The lowest BCUT2D eigenvalue weighted by Crippen LogP contribution is -2.41. The lowest BCUT2D eigenvalue weighted by Gasteiger charge is -2.27. The Bertz CT molecular complexity index is 473. The summed E-state index contributed by atoms with van der Waals surface area (Å²) in [6.07, 6.45) is 1.43. The second-order valence-electron chi connectivity index (χ2n) is 5.14. The Balaban J connectivity index is 2.98. The van der Waals surface area contributed by atoms with Gasteiger partial charge in [0.05, 0.1) is 6.20 Å². The molecule has 1 unspecified atom stereocenters. The van der Waals surface area contributed by atoms with E-state index in [4.69, 9.17) is 5.73 Å². The Morgan fingerprint density at radius 3 is 2.59 bits per heavy atom. The molecule has 1 rings (SSSR count). The summed E-state index contributed by atoms with van der Waals surface area (Å²) in [6.45, 7) is 7.87. The van der Waals surface area contributed by atoms with E-state index in [-0.39, 0.29) is 23.0 Å². The fourth-order valence-electron chi connectivity index (χ4n) is 1.15. The molecular formula is C10H20N4O2S. The van der Waals surface area contributed by atoms with Crippen LogP contribution in [0.15, 0.2) is 11.2 Å². The van der Waals surface area contributed by atoms with Gasteiger partial charge in [-0.25, -0.2) is 13.1 Å². The van der Waals surface area contributed by atoms with Crippen LogP contribution in [0, 0.1) is 5.41 Å². The minimum absolute atomic E-state index is 0.0519. The second-order valence-corrected chi connectivity index (χ2v) is 6.79. The summed E-state index contributed by atoms with van der Waals surface area (Å²) in [5.41, 5.74) is 5.78. The highest BCUT2D eigenvalue weighted by Crippen LogP contribution is 2.21. The van der Waals surface area contributed by atoms with E-state index in [1.807, 2.05) is 27.7 Å². The van der Waals surface area contributed by atoms with Crippen molar-refractivity contribution in [2.75, 3.05) is 0 Å². The zero-order valence-electron chi connectivity index (χ0n) is 10.6. The van der Waals surface area contributed by atoms with Crippen molar-refractivity contribution in [2.45, 2.75) is 45.3 Å². The first kappa shape index (κ1) is 14.1. The number of aromatic amines is 1. The molecule has 0 radical (unpaired) electrons. The highest BCUT2D eigenvalue weighted by atomic mass is 32.2. The zero-order valence-corrected chi connectivity index (χ0v) is 11.4. The number of nitrogens with zero attached hydrogens (tertiary/aromatic N) is 1. The predicted molar refractivity (Wildman–Crippen MR) is 65.7 cm³/mol. The average Bonchev–Trinajstić information content (AvgIpc) is 2.63. The summed E-state index contributed by atoms with van der Waals surface area (Å²) in [5, 5.41) is 6.23. The van der Waals surface area contributed by atoms with Crippen molar-refractivity contribution in [2.24, 2.45) is 11.1 Å². The van der Waals surface area contributed by atoms with Crippen molar-refractivity contribution >= 4 is 10.0 Å². The lowest BCUT2D eigenvalue weighted by atomic mass is 9.89. The highest BCUT2D eigenvalue weighted by molar-refractivity contribution is 7.89. The van der Waals surface area contributed by atoms with Gasteiger partial charge in [-0.1, -0.05) is 20.8 Å². The highest BCUT2D eigenvalue weighted by Gasteiger charge is 2.28. The second kappa shape index (κ2) is 4.75. The van der Waals surface area contributed by atoms with Crippen molar-refractivity contribution in [3.8, 4) is 0 Å². The molecule has 0 aliphatic heterocycles. The SMILES string of the molecule is CC(NS(=O)(=O)c1[nH]ncc1CN)C(C)(C)C. The largest absolute Gasteiger partial charge is 0.326 e. The van der Waals surface area contributed by atoms with E-state index < -0.39 is 10.0 Å². The van der Waals surface area contributed by atoms with Crippen molar-refractivity contribution in [1.29, 1.82) is 0 Å². The van der Waals surface area contributed by atoms with Crippen LogP contribution in [0.3, 0.4) is 0 Å². The third kappa shape index (κ3) is 3.27. The van der Waals surface area contributed by atoms with Gasteiger partial charge in [0.1, 0.15) is 0 Å². The molecule has 1 aromatic rings. The first-order valence-corrected chi connectivity index (χ1v) is 6.91. The van der Waals surface area contributed by atoms with Crippen molar-refractivity contribution < 1.29 is 8.42 Å². The molecule has 0 fully saturated rings. The van der Waals surface area contributed by atoms with Gasteiger partial charge in [-0.05, 0) is 12.3 Å². The van der Waals surface area contributed by atoms with Crippen molar-refractivity contribution in [1.82, 2.24) is 14.9 Å². The van der Waals surface area contributed by atoms with Gasteiger partial charge in [0.25, 0.3) is 10.0 Å². The van der Waals surface area contributed by atoms with Gasteiger partial charge in [-0.15, -0.1) is 0 Å². The van der Waals surface area contributed by atoms with Gasteiger partial charge in [0.2, 0.25) is 0 Å². The molecule has 0 bridgehead atoms. The summed E-state index contributed by atoms with van der Waals surface area (Å²) in [7, 11) is -3.59. The molecule has 0 saturated carbocycles. The normalized spacial score (nSPS) is 14.9. The summed E-state index contributed by atoms with van der Waals surface area (Å²) in [4.78, 5) is 0. The van der Waals surface area contributed by atoms with E-state index in [1.165, 1.54) is 6.20 Å². The zero-order chi connectivity index (χ0) is 13.3. The van der Waals surface area contributed by atoms with E-state index in [2.05, 4.69) is 14.9 Å².